The number of rotatable bonds is 6. The summed E-state index contributed by atoms with van der Waals surface area (Å²) in [6, 6.07) is 8.75. The van der Waals surface area contributed by atoms with Crippen molar-refractivity contribution in [2.75, 3.05) is 20.3 Å². The molecule has 0 saturated heterocycles. The van der Waals surface area contributed by atoms with Crippen molar-refractivity contribution in [3.63, 3.8) is 0 Å². The van der Waals surface area contributed by atoms with Crippen molar-refractivity contribution in [3.05, 3.63) is 48.3 Å². The number of benzene rings is 1. The van der Waals surface area contributed by atoms with Gasteiger partial charge in [0.15, 0.2) is 0 Å². The minimum absolute atomic E-state index is 0.197. The number of carbonyl (C=O) groups is 1. The van der Waals surface area contributed by atoms with Crippen molar-refractivity contribution in [2.45, 2.75) is 0 Å². The van der Waals surface area contributed by atoms with Gasteiger partial charge in [0, 0.05) is 30.6 Å². The average Bonchev–Trinajstić information content (AvgIpc) is 2.48. The van der Waals surface area contributed by atoms with Gasteiger partial charge in [-0.15, -0.1) is 0 Å². The lowest BCUT2D eigenvalue weighted by Gasteiger charge is -2.12. The van der Waals surface area contributed by atoms with Crippen LogP contribution in [0.3, 0.4) is 0 Å². The number of para-hydroxylation sites is 1. The predicted molar refractivity (Wildman–Crippen MR) is 74.0 cm³/mol. The summed E-state index contributed by atoms with van der Waals surface area (Å²) < 4.78 is 10.6. The Labute approximate surface area is 116 Å². The predicted octanol–water partition coefficient (Wildman–Crippen LogP) is 2.47. The summed E-state index contributed by atoms with van der Waals surface area (Å²) >= 11 is 0. The van der Waals surface area contributed by atoms with Gasteiger partial charge in [-0.25, -0.2) is 4.79 Å². The number of nitrogens with zero attached hydrogens (tertiary/aromatic N) is 1. The monoisotopic (exact) mass is 273 g/mol. The molecule has 104 valence electrons. The van der Waals surface area contributed by atoms with E-state index in [0.717, 1.165) is 0 Å². The molecule has 0 saturated carbocycles. The Morgan fingerprint density at radius 3 is 2.75 bits per heavy atom. The van der Waals surface area contributed by atoms with Gasteiger partial charge in [0.2, 0.25) is 0 Å². The molecule has 0 bridgehead atoms. The molecule has 5 nitrogen and oxygen atoms in total. The van der Waals surface area contributed by atoms with Gasteiger partial charge in [-0.3, -0.25) is 4.98 Å². The Morgan fingerprint density at radius 2 is 2.00 bits per heavy atom. The van der Waals surface area contributed by atoms with Gasteiger partial charge in [-0.05, 0) is 12.1 Å². The van der Waals surface area contributed by atoms with Crippen LogP contribution in [0.15, 0.2) is 42.7 Å². The first kappa shape index (κ1) is 14.0. The second kappa shape index (κ2) is 6.68. The Bertz CT molecular complexity index is 598. The number of aromatic nitrogens is 1. The Kier molecular flexibility index (Phi) is 4.68. The van der Waals surface area contributed by atoms with E-state index in [1.165, 1.54) is 18.5 Å². The Hall–Kier alpha value is -2.40. The molecular formula is C15H15NO4. The van der Waals surface area contributed by atoms with E-state index >= 15 is 0 Å². The number of hydrogen-bond donors (Lipinski definition) is 1. The number of hydrogen-bond acceptors (Lipinski definition) is 4. The first-order valence-corrected chi connectivity index (χ1v) is 6.12. The zero-order valence-corrected chi connectivity index (χ0v) is 11.1. The van der Waals surface area contributed by atoms with Crippen LogP contribution in [0.25, 0.3) is 11.1 Å². The maximum absolute atomic E-state index is 11.3. The van der Waals surface area contributed by atoms with Crippen molar-refractivity contribution >= 4 is 5.97 Å². The van der Waals surface area contributed by atoms with E-state index in [1.807, 2.05) is 18.2 Å². The quantitative estimate of drug-likeness (QED) is 0.819. The smallest absolute Gasteiger partial charge is 0.336 e. The zero-order chi connectivity index (χ0) is 14.4. The van der Waals surface area contributed by atoms with Gasteiger partial charge in [0.1, 0.15) is 12.4 Å². The third-order valence-corrected chi connectivity index (χ3v) is 2.77. The van der Waals surface area contributed by atoms with Crippen LogP contribution in [0, 0.1) is 0 Å². The highest BCUT2D eigenvalue weighted by atomic mass is 16.5. The van der Waals surface area contributed by atoms with Gasteiger partial charge >= 0.3 is 5.97 Å². The van der Waals surface area contributed by atoms with Crippen molar-refractivity contribution in [3.8, 4) is 16.9 Å². The fourth-order valence-electron chi connectivity index (χ4n) is 1.85. The van der Waals surface area contributed by atoms with Crippen LogP contribution in [0.4, 0.5) is 0 Å². The summed E-state index contributed by atoms with van der Waals surface area (Å²) in [6.07, 6.45) is 2.99. The average molecular weight is 273 g/mol. The fraction of sp³-hybridized carbons (Fsp3) is 0.200. The molecule has 0 aliphatic rings. The van der Waals surface area contributed by atoms with Crippen molar-refractivity contribution in [2.24, 2.45) is 0 Å². The largest absolute Gasteiger partial charge is 0.491 e. The molecule has 0 amide bonds. The lowest BCUT2D eigenvalue weighted by atomic mass is 10.0. The molecule has 0 spiro atoms. The molecule has 5 heteroatoms. The van der Waals surface area contributed by atoms with E-state index in [0.29, 0.717) is 30.1 Å². The summed E-state index contributed by atoms with van der Waals surface area (Å²) in [5.41, 5.74) is 1.44. The van der Waals surface area contributed by atoms with Crippen molar-refractivity contribution in [1.82, 2.24) is 4.98 Å². The molecule has 1 aromatic heterocycles. The molecule has 20 heavy (non-hydrogen) atoms. The first-order valence-electron chi connectivity index (χ1n) is 6.12. The van der Waals surface area contributed by atoms with Crippen LogP contribution in [0.5, 0.6) is 5.75 Å². The standard InChI is InChI=1S/C15H15NO4/c1-19-8-9-20-14-5-3-2-4-11(14)13-10-16-7-6-12(13)15(17)18/h2-7,10H,8-9H2,1H3,(H,17,18). The molecule has 0 atom stereocenters. The van der Waals surface area contributed by atoms with Gasteiger partial charge in [-0.1, -0.05) is 18.2 Å². The lowest BCUT2D eigenvalue weighted by Crippen LogP contribution is -2.06. The summed E-state index contributed by atoms with van der Waals surface area (Å²) in [7, 11) is 1.60. The van der Waals surface area contributed by atoms with E-state index in [4.69, 9.17) is 9.47 Å². The van der Waals surface area contributed by atoms with Crippen LogP contribution in [0.1, 0.15) is 10.4 Å². The second-order valence-electron chi connectivity index (χ2n) is 4.06. The van der Waals surface area contributed by atoms with E-state index in [9.17, 15) is 9.90 Å². The van der Waals surface area contributed by atoms with Gasteiger partial charge < -0.3 is 14.6 Å². The molecule has 0 unspecified atom stereocenters. The SMILES string of the molecule is COCCOc1ccccc1-c1cnccc1C(=O)O. The summed E-state index contributed by atoms with van der Waals surface area (Å²) in [5, 5.41) is 9.24. The van der Waals surface area contributed by atoms with E-state index < -0.39 is 5.97 Å². The highest BCUT2D eigenvalue weighted by Gasteiger charge is 2.14. The molecule has 1 N–H and O–H groups in total. The molecule has 0 fully saturated rings. The normalized spacial score (nSPS) is 10.2. The highest BCUT2D eigenvalue weighted by molar-refractivity contribution is 5.96. The fourth-order valence-corrected chi connectivity index (χ4v) is 1.85. The molecule has 0 aliphatic carbocycles. The zero-order valence-electron chi connectivity index (χ0n) is 11.1. The third-order valence-electron chi connectivity index (χ3n) is 2.77. The van der Waals surface area contributed by atoms with Crippen LogP contribution < -0.4 is 4.74 Å². The number of carboxylic acid groups (broad SMARTS) is 1. The molecule has 0 radical (unpaired) electrons. The molecule has 0 aliphatic heterocycles. The number of carboxylic acids is 1. The van der Waals surface area contributed by atoms with E-state index in [1.54, 1.807) is 13.2 Å². The molecule has 1 aromatic carbocycles. The van der Waals surface area contributed by atoms with Crippen molar-refractivity contribution < 1.29 is 19.4 Å². The summed E-state index contributed by atoms with van der Waals surface area (Å²) in [4.78, 5) is 15.3. The number of pyridine rings is 1. The maximum atomic E-state index is 11.3. The summed E-state index contributed by atoms with van der Waals surface area (Å²) in [6.45, 7) is 0.864. The van der Waals surface area contributed by atoms with E-state index in [2.05, 4.69) is 4.98 Å². The number of methoxy groups -OCH3 is 1. The number of ether oxygens (including phenoxy) is 2. The van der Waals surface area contributed by atoms with Gasteiger partial charge in [0.25, 0.3) is 0 Å². The number of aromatic carboxylic acids is 1. The molecule has 2 rings (SSSR count). The Morgan fingerprint density at radius 1 is 1.20 bits per heavy atom. The topological polar surface area (TPSA) is 68.7 Å². The van der Waals surface area contributed by atoms with Gasteiger partial charge in [-0.2, -0.15) is 0 Å². The Balaban J connectivity index is 2.40. The lowest BCUT2D eigenvalue weighted by molar-refractivity contribution is 0.0697. The first-order chi connectivity index (χ1) is 9.74. The molecule has 2 aromatic rings. The highest BCUT2D eigenvalue weighted by Crippen LogP contribution is 2.31. The molecular weight excluding hydrogens is 258 g/mol. The van der Waals surface area contributed by atoms with Crippen LogP contribution in [-0.4, -0.2) is 36.4 Å². The van der Waals surface area contributed by atoms with Crippen LogP contribution in [0.2, 0.25) is 0 Å². The maximum Gasteiger partial charge on any atom is 0.336 e. The van der Waals surface area contributed by atoms with E-state index in [-0.39, 0.29) is 5.56 Å². The van der Waals surface area contributed by atoms with Crippen LogP contribution >= 0.6 is 0 Å². The van der Waals surface area contributed by atoms with Crippen molar-refractivity contribution in [1.29, 1.82) is 0 Å². The third kappa shape index (κ3) is 3.13. The van der Waals surface area contributed by atoms with Crippen LogP contribution in [-0.2, 0) is 4.74 Å². The van der Waals surface area contributed by atoms with Gasteiger partial charge in [0.05, 0.1) is 12.2 Å². The minimum atomic E-state index is -0.992. The summed E-state index contributed by atoms with van der Waals surface area (Å²) in [5.74, 6) is -0.380. The molecule has 1 heterocycles. The second-order valence-corrected chi connectivity index (χ2v) is 4.06. The minimum Gasteiger partial charge on any atom is -0.491 e.